The maximum atomic E-state index is 7.13. The molecule has 9 aromatic rings. The molecule has 1 spiro atoms. The lowest BCUT2D eigenvalue weighted by Gasteiger charge is -2.46. The van der Waals surface area contributed by atoms with Crippen LogP contribution in [0.1, 0.15) is 128 Å². The van der Waals surface area contributed by atoms with Gasteiger partial charge in [-0.25, -0.2) is 4.98 Å². The maximum Gasteiger partial charge on any atom is 0.219 e. The van der Waals surface area contributed by atoms with Crippen LogP contribution < -0.4 is 14.5 Å². The van der Waals surface area contributed by atoms with Gasteiger partial charge in [0, 0.05) is 48.0 Å². The van der Waals surface area contributed by atoms with Gasteiger partial charge in [-0.2, -0.15) is 0 Å². The molecule has 0 radical (unpaired) electrons. The first kappa shape index (κ1) is 44.2. The highest BCUT2D eigenvalue weighted by molar-refractivity contribution is 6.09. The molecule has 0 saturated carbocycles. The van der Waals surface area contributed by atoms with E-state index in [1.54, 1.807) is 0 Å². The Morgan fingerprint density at radius 1 is 0.529 bits per heavy atom. The molecule has 6 nitrogen and oxygen atoms in total. The quantitative estimate of drug-likeness (QED) is 0.176. The molecule has 352 valence electrons. The first-order valence-corrected chi connectivity index (χ1v) is 25.1. The third-order valence-electron chi connectivity index (χ3n) is 15.5. The molecule has 0 unspecified atom stereocenters. The zero-order valence-electron chi connectivity index (χ0n) is 43.2. The summed E-state index contributed by atoms with van der Waals surface area (Å²) >= 11 is 0. The molecule has 2 aliphatic heterocycles. The monoisotopic (exact) mass is 920 g/mol. The molecule has 12 rings (SSSR count). The van der Waals surface area contributed by atoms with Crippen molar-refractivity contribution in [2.75, 3.05) is 23.5 Å². The molecule has 3 aliphatic rings. The number of para-hydroxylation sites is 3. The fraction of sp³-hybridized carbons (Fsp3) is 0.297. The fourth-order valence-corrected chi connectivity index (χ4v) is 12.1. The maximum absolute atomic E-state index is 7.13. The van der Waals surface area contributed by atoms with Gasteiger partial charge in [-0.15, -0.1) is 0 Å². The Labute approximate surface area is 414 Å². The van der Waals surface area contributed by atoms with Crippen LogP contribution in [0.4, 0.5) is 17.1 Å². The van der Waals surface area contributed by atoms with Crippen molar-refractivity contribution in [2.24, 2.45) is 0 Å². The lowest BCUT2D eigenvalue weighted by molar-refractivity contribution is 0.482. The smallest absolute Gasteiger partial charge is 0.219 e. The van der Waals surface area contributed by atoms with Crippen LogP contribution in [-0.2, 0) is 27.1 Å². The van der Waals surface area contributed by atoms with Crippen molar-refractivity contribution in [3.05, 3.63) is 190 Å². The SMILES string of the molecule is CN1CN2c3cc(Oc4ccc5c6ccccc6n(-c6nccn6-c6ccccc6)c5c4)ccc3C3(c4cccc1c42)c1c(cc(C(C)(C)C)cc1C(C)(C)C)-c1cc(C(C)(C)C)cc(C(C)(C)C)c13. The Hall–Kier alpha value is -7.05. The minimum atomic E-state index is -0.621. The number of nitrogens with zero attached hydrogens (tertiary/aromatic N) is 5. The van der Waals surface area contributed by atoms with Gasteiger partial charge in [0.1, 0.15) is 11.5 Å². The lowest BCUT2D eigenvalue weighted by atomic mass is 9.59. The number of hydrogen-bond acceptors (Lipinski definition) is 4. The Morgan fingerprint density at radius 3 is 1.77 bits per heavy atom. The number of ether oxygens (including phenoxy) is 1. The van der Waals surface area contributed by atoms with E-state index in [-0.39, 0.29) is 21.7 Å². The molecule has 70 heavy (non-hydrogen) atoms. The largest absolute Gasteiger partial charge is 0.457 e. The molecule has 0 atom stereocenters. The van der Waals surface area contributed by atoms with Gasteiger partial charge in [0.15, 0.2) is 0 Å². The van der Waals surface area contributed by atoms with Gasteiger partial charge in [0.2, 0.25) is 5.95 Å². The standard InChI is InChI=1S/C64H65N5O/c1-60(2,3)39-32-46-47-33-40(61(4,5)6)35-51(63(10,11)12)57(47)64(56(46)50(34-39)62(7,8)9)48-29-27-43(37-55(48)68-38-66(13)53-25-19-23-49(64)58(53)68)70-42-26-28-45-44-22-17-18-24-52(44)69(54(45)36-42)59-65-30-31-67(59)41-20-15-14-16-21-41/h14-37H,38H2,1-13H3. The van der Waals surface area contributed by atoms with Crippen LogP contribution in [-0.4, -0.2) is 27.8 Å². The van der Waals surface area contributed by atoms with Crippen molar-refractivity contribution in [1.82, 2.24) is 14.1 Å². The van der Waals surface area contributed by atoms with Gasteiger partial charge in [0.25, 0.3) is 0 Å². The number of hydrogen-bond donors (Lipinski definition) is 0. The average molecular weight is 920 g/mol. The minimum absolute atomic E-state index is 0.0518. The Bertz CT molecular complexity index is 3530. The summed E-state index contributed by atoms with van der Waals surface area (Å²) in [4.78, 5) is 9.93. The van der Waals surface area contributed by atoms with Gasteiger partial charge in [0.05, 0.1) is 40.2 Å². The molecule has 0 saturated heterocycles. The second-order valence-corrected chi connectivity index (χ2v) is 24.3. The summed E-state index contributed by atoms with van der Waals surface area (Å²) in [5.41, 5.74) is 19.6. The van der Waals surface area contributed by atoms with Crippen LogP contribution in [0.3, 0.4) is 0 Å². The molecule has 0 bridgehead atoms. The average Bonchev–Trinajstić information content (AvgIpc) is 4.08. The van der Waals surface area contributed by atoms with Crippen molar-refractivity contribution >= 4 is 38.9 Å². The second kappa shape index (κ2) is 14.7. The van der Waals surface area contributed by atoms with Gasteiger partial charge in [-0.05, 0) is 120 Å². The van der Waals surface area contributed by atoms with Crippen molar-refractivity contribution in [1.29, 1.82) is 0 Å². The summed E-state index contributed by atoms with van der Waals surface area (Å²) in [6.45, 7) is 29.4. The van der Waals surface area contributed by atoms with E-state index in [1.807, 2.05) is 18.5 Å². The van der Waals surface area contributed by atoms with Crippen LogP contribution in [0.15, 0.2) is 146 Å². The zero-order valence-corrected chi connectivity index (χ0v) is 43.2. The van der Waals surface area contributed by atoms with Crippen LogP contribution in [0.25, 0.3) is 44.6 Å². The molecule has 1 aliphatic carbocycles. The van der Waals surface area contributed by atoms with E-state index in [9.17, 15) is 0 Å². The van der Waals surface area contributed by atoms with E-state index in [0.717, 1.165) is 46.2 Å². The first-order chi connectivity index (χ1) is 33.2. The van der Waals surface area contributed by atoms with Gasteiger partial charge >= 0.3 is 0 Å². The second-order valence-electron chi connectivity index (χ2n) is 24.3. The zero-order chi connectivity index (χ0) is 49.0. The molecule has 7 aromatic carbocycles. The Balaban J connectivity index is 1.12. The summed E-state index contributed by atoms with van der Waals surface area (Å²) in [6.07, 6.45) is 3.92. The summed E-state index contributed by atoms with van der Waals surface area (Å²) in [5.74, 6) is 2.39. The number of benzene rings is 7. The number of imidazole rings is 1. The molecule has 0 fully saturated rings. The van der Waals surface area contributed by atoms with E-state index in [0.29, 0.717) is 0 Å². The van der Waals surface area contributed by atoms with Gasteiger partial charge in [-0.3, -0.25) is 9.13 Å². The molecule has 0 amide bonds. The van der Waals surface area contributed by atoms with Crippen LogP contribution in [0.5, 0.6) is 11.5 Å². The third kappa shape index (κ3) is 6.34. The number of aromatic nitrogens is 3. The summed E-state index contributed by atoms with van der Waals surface area (Å²) in [7, 11) is 2.24. The number of rotatable bonds is 4. The highest BCUT2D eigenvalue weighted by atomic mass is 16.5. The van der Waals surface area contributed by atoms with Crippen LogP contribution in [0, 0.1) is 0 Å². The predicted molar refractivity (Wildman–Crippen MR) is 292 cm³/mol. The van der Waals surface area contributed by atoms with Gasteiger partial charge < -0.3 is 14.5 Å². The van der Waals surface area contributed by atoms with Crippen molar-refractivity contribution in [3.8, 4) is 34.3 Å². The number of fused-ring (bicyclic) bond motifs is 12. The molecule has 6 heteroatoms. The van der Waals surface area contributed by atoms with Gasteiger partial charge in [-0.1, -0.05) is 162 Å². The molecular weight excluding hydrogens is 855 g/mol. The van der Waals surface area contributed by atoms with E-state index >= 15 is 0 Å². The van der Waals surface area contributed by atoms with Crippen LogP contribution in [0.2, 0.25) is 0 Å². The summed E-state index contributed by atoms with van der Waals surface area (Å²) in [5, 5.41) is 2.32. The van der Waals surface area contributed by atoms with Crippen molar-refractivity contribution in [2.45, 2.75) is 110 Å². The van der Waals surface area contributed by atoms with E-state index in [1.165, 1.54) is 78.1 Å². The van der Waals surface area contributed by atoms with E-state index in [4.69, 9.17) is 9.72 Å². The highest BCUT2D eigenvalue weighted by Gasteiger charge is 2.57. The van der Waals surface area contributed by atoms with Crippen LogP contribution >= 0.6 is 0 Å². The van der Waals surface area contributed by atoms with E-state index < -0.39 is 5.41 Å². The first-order valence-electron chi connectivity index (χ1n) is 25.1. The van der Waals surface area contributed by atoms with Crippen molar-refractivity contribution in [3.63, 3.8) is 0 Å². The molecule has 2 aromatic heterocycles. The predicted octanol–water partition coefficient (Wildman–Crippen LogP) is 16.2. The summed E-state index contributed by atoms with van der Waals surface area (Å²) < 4.78 is 11.6. The highest BCUT2D eigenvalue weighted by Crippen LogP contribution is 2.68. The fourth-order valence-electron chi connectivity index (χ4n) is 12.1. The van der Waals surface area contributed by atoms with E-state index in [2.05, 4.69) is 236 Å². The third-order valence-corrected chi connectivity index (χ3v) is 15.5. The normalized spacial score (nSPS) is 14.9. The van der Waals surface area contributed by atoms with Crippen molar-refractivity contribution < 1.29 is 4.74 Å². The Morgan fingerprint density at radius 2 is 1.13 bits per heavy atom. The number of anilines is 3. The minimum Gasteiger partial charge on any atom is -0.457 e. The molecular formula is C64H65N5O. The summed E-state index contributed by atoms with van der Waals surface area (Å²) in [6, 6.07) is 49.8. The Kier molecular flexibility index (Phi) is 9.30. The topological polar surface area (TPSA) is 38.5 Å². The lowest BCUT2D eigenvalue weighted by Crippen LogP contribution is -2.40. The molecule has 4 heterocycles. The molecule has 0 N–H and O–H groups in total.